The maximum absolute atomic E-state index is 13.5. The van der Waals surface area contributed by atoms with Crippen molar-refractivity contribution in [1.29, 1.82) is 0 Å². The van der Waals surface area contributed by atoms with Crippen LogP contribution in [0.2, 0.25) is 0 Å². The highest BCUT2D eigenvalue weighted by Crippen LogP contribution is 2.31. The van der Waals surface area contributed by atoms with E-state index in [0.717, 1.165) is 16.5 Å². The van der Waals surface area contributed by atoms with Gasteiger partial charge >= 0.3 is 0 Å². The number of aryl methyl sites for hydroxylation is 1. The average molecular weight is 480 g/mol. The molecule has 1 saturated heterocycles. The lowest BCUT2D eigenvalue weighted by molar-refractivity contribution is -0.119. The summed E-state index contributed by atoms with van der Waals surface area (Å²) in [5, 5.41) is 12.8. The Morgan fingerprint density at radius 2 is 1.94 bits per heavy atom. The van der Waals surface area contributed by atoms with Crippen LogP contribution in [0.1, 0.15) is 18.4 Å². The Morgan fingerprint density at radius 3 is 2.79 bits per heavy atom. The number of sulfonamides is 1. The smallest absolute Gasteiger partial charge is 0.245 e. The zero-order chi connectivity index (χ0) is 23.0. The number of anilines is 1. The van der Waals surface area contributed by atoms with E-state index in [2.05, 4.69) is 20.5 Å². The molecule has 1 amide bonds. The molecule has 33 heavy (non-hydrogen) atoms. The fourth-order valence-corrected chi connectivity index (χ4v) is 6.62. The van der Waals surface area contributed by atoms with Gasteiger partial charge in [-0.1, -0.05) is 53.3 Å². The largest absolute Gasteiger partial charge is 0.299 e. The summed E-state index contributed by atoms with van der Waals surface area (Å²) < 4.78 is 28.3. The molecular formula is C23H21N5O3S2. The maximum Gasteiger partial charge on any atom is 0.245 e. The molecule has 2 aromatic heterocycles. The van der Waals surface area contributed by atoms with Crippen molar-refractivity contribution >= 4 is 43.3 Å². The number of pyridine rings is 1. The highest BCUT2D eigenvalue weighted by Gasteiger charge is 2.40. The van der Waals surface area contributed by atoms with Crippen LogP contribution in [0, 0.1) is 6.92 Å². The first-order valence-electron chi connectivity index (χ1n) is 10.5. The van der Waals surface area contributed by atoms with Gasteiger partial charge in [0.05, 0.1) is 5.52 Å². The van der Waals surface area contributed by atoms with Gasteiger partial charge in [0.15, 0.2) is 0 Å². The Bertz CT molecular complexity index is 1450. The quantitative estimate of drug-likeness (QED) is 0.466. The topological polar surface area (TPSA) is 105 Å². The second-order valence-electron chi connectivity index (χ2n) is 7.88. The molecule has 5 rings (SSSR count). The summed E-state index contributed by atoms with van der Waals surface area (Å²) in [6.45, 7) is 2.27. The van der Waals surface area contributed by atoms with E-state index in [1.165, 1.54) is 21.7 Å². The molecule has 10 heteroatoms. The van der Waals surface area contributed by atoms with E-state index in [1.807, 2.05) is 43.3 Å². The van der Waals surface area contributed by atoms with Crippen LogP contribution in [-0.4, -0.2) is 46.4 Å². The van der Waals surface area contributed by atoms with Crippen molar-refractivity contribution in [3.63, 3.8) is 0 Å². The molecule has 8 nitrogen and oxygen atoms in total. The van der Waals surface area contributed by atoms with Crippen molar-refractivity contribution < 1.29 is 13.2 Å². The molecule has 2 aromatic carbocycles. The van der Waals surface area contributed by atoms with Crippen LogP contribution >= 0.6 is 11.3 Å². The van der Waals surface area contributed by atoms with Gasteiger partial charge in [-0.3, -0.25) is 15.1 Å². The summed E-state index contributed by atoms with van der Waals surface area (Å²) in [6, 6.07) is 15.7. The summed E-state index contributed by atoms with van der Waals surface area (Å²) in [6.07, 6.45) is 2.60. The van der Waals surface area contributed by atoms with Crippen LogP contribution in [0.3, 0.4) is 0 Å². The van der Waals surface area contributed by atoms with E-state index in [9.17, 15) is 13.2 Å². The van der Waals surface area contributed by atoms with Gasteiger partial charge in [-0.05, 0) is 38.0 Å². The molecule has 0 radical (unpaired) electrons. The monoisotopic (exact) mass is 479 g/mol. The summed E-state index contributed by atoms with van der Waals surface area (Å²) in [5.41, 5.74) is 2.42. The van der Waals surface area contributed by atoms with Crippen LogP contribution < -0.4 is 5.32 Å². The summed E-state index contributed by atoms with van der Waals surface area (Å²) in [7, 11) is -3.92. The van der Waals surface area contributed by atoms with Gasteiger partial charge in [-0.15, -0.1) is 10.2 Å². The molecule has 1 unspecified atom stereocenters. The third kappa shape index (κ3) is 4.12. The molecular weight excluding hydrogens is 458 g/mol. The highest BCUT2D eigenvalue weighted by atomic mass is 32.2. The van der Waals surface area contributed by atoms with Gasteiger partial charge in [-0.25, -0.2) is 8.42 Å². The van der Waals surface area contributed by atoms with E-state index in [-0.39, 0.29) is 11.4 Å². The normalized spacial score (nSPS) is 16.8. The molecule has 0 bridgehead atoms. The number of fused-ring (bicyclic) bond motifs is 1. The Morgan fingerprint density at radius 1 is 1.12 bits per heavy atom. The Labute approximate surface area is 195 Å². The van der Waals surface area contributed by atoms with Crippen LogP contribution in [0.4, 0.5) is 5.13 Å². The van der Waals surface area contributed by atoms with Crippen molar-refractivity contribution in [2.75, 3.05) is 11.9 Å². The second kappa shape index (κ2) is 8.62. The number of nitrogens with one attached hydrogen (secondary N) is 1. The minimum Gasteiger partial charge on any atom is -0.299 e. The predicted molar refractivity (Wildman–Crippen MR) is 127 cm³/mol. The van der Waals surface area contributed by atoms with E-state index < -0.39 is 22.0 Å². The van der Waals surface area contributed by atoms with E-state index >= 15 is 0 Å². The van der Waals surface area contributed by atoms with Crippen molar-refractivity contribution in [1.82, 2.24) is 19.5 Å². The van der Waals surface area contributed by atoms with Gasteiger partial charge in [0, 0.05) is 23.7 Å². The number of hydrogen-bond acceptors (Lipinski definition) is 7. The van der Waals surface area contributed by atoms with Crippen molar-refractivity contribution in [2.24, 2.45) is 0 Å². The number of carbonyl (C=O) groups is 1. The zero-order valence-corrected chi connectivity index (χ0v) is 19.4. The fraction of sp³-hybridized carbons (Fsp3) is 0.217. The Kier molecular flexibility index (Phi) is 5.65. The maximum atomic E-state index is 13.5. The van der Waals surface area contributed by atoms with Gasteiger partial charge in [-0.2, -0.15) is 4.31 Å². The number of benzene rings is 2. The van der Waals surface area contributed by atoms with Crippen LogP contribution in [0.15, 0.2) is 65.7 Å². The first-order chi connectivity index (χ1) is 15.9. The number of hydrogen-bond donors (Lipinski definition) is 1. The molecule has 1 fully saturated rings. The fourth-order valence-electron chi connectivity index (χ4n) is 4.06. The summed E-state index contributed by atoms with van der Waals surface area (Å²) in [5.74, 6) is -0.406. The molecule has 0 saturated carbocycles. The summed E-state index contributed by atoms with van der Waals surface area (Å²) in [4.78, 5) is 17.5. The number of carbonyl (C=O) groups excluding carboxylic acids is 1. The number of nitrogens with zero attached hydrogens (tertiary/aromatic N) is 4. The molecule has 0 spiro atoms. The van der Waals surface area contributed by atoms with Gasteiger partial charge < -0.3 is 0 Å². The predicted octanol–water partition coefficient (Wildman–Crippen LogP) is 3.85. The summed E-state index contributed by atoms with van der Waals surface area (Å²) >= 11 is 1.26. The van der Waals surface area contributed by atoms with Crippen LogP contribution in [0.25, 0.3) is 21.5 Å². The second-order valence-corrected chi connectivity index (χ2v) is 10.7. The Hall–Kier alpha value is -3.21. The first-order valence-corrected chi connectivity index (χ1v) is 12.8. The van der Waals surface area contributed by atoms with Crippen LogP contribution in [0.5, 0.6) is 0 Å². The number of amides is 1. The standard InChI is InChI=1S/C23H21N5O3S2/c1-15-6-2-8-17(14-15)22-26-27-23(32-22)25-21(29)18-10-5-13-28(18)33(30,31)19-11-3-7-16-9-4-12-24-20(16)19/h2-4,6-9,11-12,14,18H,5,10,13H2,1H3,(H,25,27,29). The average Bonchev–Trinajstić information content (AvgIpc) is 3.49. The molecule has 1 N–H and O–H groups in total. The SMILES string of the molecule is Cc1cccc(-c2nnc(NC(=O)C3CCCN3S(=O)(=O)c3cccc4cccnc34)s2)c1. The minimum atomic E-state index is -3.92. The minimum absolute atomic E-state index is 0.109. The zero-order valence-electron chi connectivity index (χ0n) is 17.8. The van der Waals surface area contributed by atoms with E-state index in [1.54, 1.807) is 18.3 Å². The molecule has 4 aromatic rings. The molecule has 1 atom stereocenters. The number of rotatable bonds is 5. The van der Waals surface area contributed by atoms with Crippen molar-refractivity contribution in [3.8, 4) is 10.6 Å². The van der Waals surface area contributed by atoms with E-state index in [0.29, 0.717) is 28.5 Å². The Balaban J connectivity index is 1.39. The molecule has 0 aliphatic carbocycles. The third-order valence-corrected chi connectivity index (χ3v) is 8.44. The molecule has 1 aliphatic rings. The van der Waals surface area contributed by atoms with Crippen LogP contribution in [-0.2, 0) is 14.8 Å². The molecule has 1 aliphatic heterocycles. The molecule has 168 valence electrons. The molecule has 3 heterocycles. The third-order valence-electron chi connectivity index (χ3n) is 5.61. The van der Waals surface area contributed by atoms with Gasteiger partial charge in [0.25, 0.3) is 0 Å². The number of aromatic nitrogens is 3. The lowest BCUT2D eigenvalue weighted by Crippen LogP contribution is -2.43. The van der Waals surface area contributed by atoms with Gasteiger partial charge in [0.1, 0.15) is 15.9 Å². The van der Waals surface area contributed by atoms with Crippen molar-refractivity contribution in [2.45, 2.75) is 30.7 Å². The van der Waals surface area contributed by atoms with Crippen molar-refractivity contribution in [3.05, 3.63) is 66.4 Å². The number of para-hydroxylation sites is 1. The van der Waals surface area contributed by atoms with Gasteiger partial charge in [0.2, 0.25) is 21.1 Å². The lowest BCUT2D eigenvalue weighted by Gasteiger charge is -2.23. The highest BCUT2D eigenvalue weighted by molar-refractivity contribution is 7.89. The first kappa shape index (κ1) is 21.6. The lowest BCUT2D eigenvalue weighted by atomic mass is 10.1. The van der Waals surface area contributed by atoms with E-state index in [4.69, 9.17) is 0 Å².